The number of hydrogen-bond acceptors (Lipinski definition) is 2. The fourth-order valence-corrected chi connectivity index (χ4v) is 6.28. The quantitative estimate of drug-likeness (QED) is 0.837. The van der Waals surface area contributed by atoms with Crippen LogP contribution in [0.25, 0.3) is 0 Å². The first-order valence-electron chi connectivity index (χ1n) is 10.3. The van der Waals surface area contributed by atoms with Crippen LogP contribution in [0.2, 0.25) is 0 Å². The van der Waals surface area contributed by atoms with Crippen LogP contribution in [-0.4, -0.2) is 31.1 Å². The van der Waals surface area contributed by atoms with Crippen molar-refractivity contribution in [2.45, 2.75) is 57.3 Å². The molecule has 2 bridgehead atoms. The summed E-state index contributed by atoms with van der Waals surface area (Å²) >= 11 is 0. The highest BCUT2D eigenvalue weighted by Gasteiger charge is 2.42. The number of nitrogens with one attached hydrogen (secondary N) is 1. The minimum absolute atomic E-state index is 0. The molecular formula is C22H34N2. The molecule has 132 valence electrons. The van der Waals surface area contributed by atoms with Crippen LogP contribution in [0.5, 0.6) is 0 Å². The number of hydrogen-bond donors (Lipinski definition) is 1. The van der Waals surface area contributed by atoms with Crippen LogP contribution < -0.4 is 5.32 Å². The molecule has 2 saturated carbocycles. The van der Waals surface area contributed by atoms with Crippen molar-refractivity contribution in [3.8, 4) is 0 Å². The summed E-state index contributed by atoms with van der Waals surface area (Å²) in [4.78, 5) is 2.81. The molecule has 1 N–H and O–H groups in total. The molecular weight excluding hydrogens is 292 g/mol. The first-order chi connectivity index (χ1) is 11.7. The number of aryl methyl sites for hydroxylation is 1. The van der Waals surface area contributed by atoms with Gasteiger partial charge in [0.05, 0.1) is 0 Å². The van der Waals surface area contributed by atoms with Gasteiger partial charge in [0.1, 0.15) is 0 Å². The second kappa shape index (κ2) is 5.76. The van der Waals surface area contributed by atoms with E-state index in [1.54, 1.807) is 12.0 Å². The highest BCUT2D eigenvalue weighted by atomic mass is 15.1. The van der Waals surface area contributed by atoms with Crippen LogP contribution in [0, 0.1) is 24.7 Å². The molecule has 1 spiro atoms. The highest BCUT2D eigenvalue weighted by Crippen LogP contribution is 2.47. The molecule has 1 aromatic carbocycles. The molecule has 1 aromatic rings. The van der Waals surface area contributed by atoms with Crippen LogP contribution in [0.1, 0.15) is 57.5 Å². The Labute approximate surface area is 148 Å². The van der Waals surface area contributed by atoms with Gasteiger partial charge in [-0.25, -0.2) is 0 Å². The maximum atomic E-state index is 3.69. The van der Waals surface area contributed by atoms with Gasteiger partial charge in [-0.1, -0.05) is 30.5 Å². The zero-order valence-corrected chi connectivity index (χ0v) is 15.2. The van der Waals surface area contributed by atoms with Crippen molar-refractivity contribution >= 4 is 5.69 Å². The van der Waals surface area contributed by atoms with Crippen LogP contribution in [0.4, 0.5) is 5.69 Å². The summed E-state index contributed by atoms with van der Waals surface area (Å²) < 4.78 is 0. The van der Waals surface area contributed by atoms with Gasteiger partial charge >= 0.3 is 0 Å². The molecule has 2 aliphatic carbocycles. The second-order valence-electron chi connectivity index (χ2n) is 9.26. The molecule has 3 fully saturated rings. The lowest BCUT2D eigenvalue weighted by Crippen LogP contribution is -2.46. The van der Waals surface area contributed by atoms with Gasteiger partial charge in [0.15, 0.2) is 0 Å². The Morgan fingerprint density at radius 2 is 2.00 bits per heavy atom. The van der Waals surface area contributed by atoms with Crippen molar-refractivity contribution in [3.63, 3.8) is 0 Å². The van der Waals surface area contributed by atoms with Crippen molar-refractivity contribution in [2.24, 2.45) is 17.8 Å². The fraction of sp³-hybridized carbons (Fsp3) is 0.727. The third-order valence-electron chi connectivity index (χ3n) is 7.86. The Bertz CT molecular complexity index is 620. The van der Waals surface area contributed by atoms with E-state index in [0.717, 1.165) is 24.3 Å². The van der Waals surface area contributed by atoms with E-state index in [1.807, 2.05) is 0 Å². The predicted octanol–water partition coefficient (Wildman–Crippen LogP) is 4.83. The Kier molecular flexibility index (Phi) is 3.66. The number of rotatable bonds is 2. The Balaban J connectivity index is 0.00000157. The summed E-state index contributed by atoms with van der Waals surface area (Å²) in [7, 11) is 0. The molecule has 2 nitrogen and oxygen atoms in total. The van der Waals surface area contributed by atoms with E-state index in [4.69, 9.17) is 0 Å². The minimum atomic E-state index is 0. The summed E-state index contributed by atoms with van der Waals surface area (Å²) in [6.45, 7) is 7.40. The fourth-order valence-electron chi connectivity index (χ4n) is 6.28. The number of anilines is 1. The maximum absolute atomic E-state index is 3.69. The predicted molar refractivity (Wildman–Crippen MR) is 103 cm³/mol. The zero-order chi connectivity index (χ0) is 16.1. The van der Waals surface area contributed by atoms with Gasteiger partial charge in [-0.2, -0.15) is 0 Å². The van der Waals surface area contributed by atoms with E-state index >= 15 is 0 Å². The summed E-state index contributed by atoms with van der Waals surface area (Å²) in [6, 6.07) is 6.99. The second-order valence-corrected chi connectivity index (χ2v) is 9.26. The number of fused-ring (bicyclic) bond motifs is 4. The van der Waals surface area contributed by atoms with Crippen LogP contribution in [-0.2, 0) is 5.41 Å². The molecule has 2 heterocycles. The first kappa shape index (κ1) is 15.3. The van der Waals surface area contributed by atoms with Crippen molar-refractivity contribution < 1.29 is 1.43 Å². The van der Waals surface area contributed by atoms with Gasteiger partial charge < -0.3 is 10.2 Å². The molecule has 3 unspecified atom stereocenters. The third-order valence-corrected chi connectivity index (χ3v) is 7.86. The number of piperidine rings is 1. The standard InChI is InChI=1S/C22H32N2.H2/c1-16-2-7-21-20(12-16)22(15-23-21)8-10-24(11-9-22)14-19-6-4-17-3-5-18(19)13-17;/h2,7,12,17-19,23H,3-6,8-11,13-15H2,1H3;1H. The summed E-state index contributed by atoms with van der Waals surface area (Å²) in [5.74, 6) is 3.17. The van der Waals surface area contributed by atoms with Gasteiger partial charge in [0.25, 0.3) is 0 Å². The van der Waals surface area contributed by atoms with E-state index in [1.165, 1.54) is 69.4 Å². The molecule has 2 heteroatoms. The van der Waals surface area contributed by atoms with Gasteiger partial charge in [-0.15, -0.1) is 0 Å². The maximum Gasteiger partial charge on any atom is 0.0379 e. The van der Waals surface area contributed by atoms with Gasteiger partial charge in [-0.3, -0.25) is 0 Å². The van der Waals surface area contributed by atoms with Crippen LogP contribution in [0.15, 0.2) is 18.2 Å². The monoisotopic (exact) mass is 326 g/mol. The van der Waals surface area contributed by atoms with E-state index in [9.17, 15) is 0 Å². The van der Waals surface area contributed by atoms with Gasteiger partial charge in [-0.05, 0) is 81.5 Å². The van der Waals surface area contributed by atoms with Crippen molar-refractivity contribution in [1.29, 1.82) is 0 Å². The van der Waals surface area contributed by atoms with Crippen LogP contribution >= 0.6 is 0 Å². The molecule has 24 heavy (non-hydrogen) atoms. The number of nitrogens with zero attached hydrogens (tertiary/aromatic N) is 1. The average Bonchev–Trinajstić information content (AvgIpc) is 3.15. The molecule has 4 aliphatic rings. The van der Waals surface area contributed by atoms with E-state index < -0.39 is 0 Å². The summed E-state index contributed by atoms with van der Waals surface area (Å²) in [5.41, 5.74) is 4.84. The topological polar surface area (TPSA) is 15.3 Å². The summed E-state index contributed by atoms with van der Waals surface area (Å²) in [5, 5.41) is 3.69. The van der Waals surface area contributed by atoms with E-state index in [-0.39, 0.29) is 1.43 Å². The molecule has 0 aromatic heterocycles. The Hall–Kier alpha value is -1.02. The van der Waals surface area contributed by atoms with Crippen molar-refractivity contribution in [1.82, 2.24) is 4.90 Å². The Morgan fingerprint density at radius 3 is 2.88 bits per heavy atom. The lowest BCUT2D eigenvalue weighted by Gasteiger charge is -2.42. The van der Waals surface area contributed by atoms with Gasteiger partial charge in [0, 0.05) is 25.6 Å². The van der Waals surface area contributed by atoms with E-state index in [2.05, 4.69) is 35.3 Å². The third kappa shape index (κ3) is 2.49. The smallest absolute Gasteiger partial charge is 0.0379 e. The zero-order valence-electron chi connectivity index (χ0n) is 15.2. The van der Waals surface area contributed by atoms with Crippen molar-refractivity contribution in [2.75, 3.05) is 31.5 Å². The van der Waals surface area contributed by atoms with Crippen molar-refractivity contribution in [3.05, 3.63) is 29.3 Å². The SMILES string of the molecule is Cc1ccc2c(c1)C1(CCN(CC3CCC4CCC3C4)CC1)CN2.[HH]. The molecule has 5 rings (SSSR count). The molecule has 2 aliphatic heterocycles. The largest absolute Gasteiger partial charge is 0.384 e. The minimum Gasteiger partial charge on any atom is -0.384 e. The number of likely N-dealkylation sites (tertiary alicyclic amines) is 1. The lowest BCUT2D eigenvalue weighted by molar-refractivity contribution is 0.113. The lowest BCUT2D eigenvalue weighted by atomic mass is 9.73. The first-order valence-corrected chi connectivity index (χ1v) is 10.3. The van der Waals surface area contributed by atoms with Crippen LogP contribution in [0.3, 0.4) is 0 Å². The molecule has 0 radical (unpaired) electrons. The molecule has 1 saturated heterocycles. The molecule has 3 atom stereocenters. The average molecular weight is 327 g/mol. The number of benzene rings is 1. The summed E-state index contributed by atoms with van der Waals surface area (Å²) in [6.07, 6.45) is 10.3. The normalized spacial score (nSPS) is 34.3. The molecule has 0 amide bonds. The highest BCUT2D eigenvalue weighted by molar-refractivity contribution is 5.61. The Morgan fingerprint density at radius 1 is 1.17 bits per heavy atom. The van der Waals surface area contributed by atoms with Gasteiger partial charge in [0.2, 0.25) is 0 Å². The van der Waals surface area contributed by atoms with E-state index in [0.29, 0.717) is 5.41 Å².